The summed E-state index contributed by atoms with van der Waals surface area (Å²) in [6.45, 7) is 4.83. The average Bonchev–Trinajstić information content (AvgIpc) is 2.56. The average molecular weight is 347 g/mol. The van der Waals surface area contributed by atoms with Crippen LogP contribution >= 0.6 is 0 Å². The van der Waals surface area contributed by atoms with Gasteiger partial charge in [-0.1, -0.05) is 35.9 Å². The Morgan fingerprint density at radius 2 is 1.71 bits per heavy atom. The number of rotatable bonds is 5. The lowest BCUT2D eigenvalue weighted by Gasteiger charge is -2.21. The summed E-state index contributed by atoms with van der Waals surface area (Å²) >= 11 is 0. The Kier molecular flexibility index (Phi) is 4.78. The first-order valence-corrected chi connectivity index (χ1v) is 9.53. The van der Waals surface area contributed by atoms with Gasteiger partial charge in [-0.25, -0.2) is 13.1 Å². The van der Waals surface area contributed by atoms with Gasteiger partial charge in [-0.15, -0.1) is 0 Å². The molecule has 6 heteroatoms. The summed E-state index contributed by atoms with van der Waals surface area (Å²) in [5, 5.41) is 0. The molecule has 0 saturated carbocycles. The maximum Gasteiger partial charge on any atom is 0.216 e. The number of sulfonamides is 1. The first-order chi connectivity index (χ1) is 11.4. The second kappa shape index (κ2) is 6.83. The second-order valence-corrected chi connectivity index (χ2v) is 7.74. The van der Waals surface area contributed by atoms with E-state index >= 15 is 0 Å². The number of hydrogen-bond acceptors (Lipinski definition) is 4. The summed E-state index contributed by atoms with van der Waals surface area (Å²) in [4.78, 5) is 0. The van der Waals surface area contributed by atoms with Gasteiger partial charge in [-0.05, 0) is 37.1 Å². The number of nitrogens with one attached hydrogen (secondary N) is 1. The molecule has 3 rings (SSSR count). The number of aryl methyl sites for hydroxylation is 1. The number of benzene rings is 2. The monoisotopic (exact) mass is 347 g/mol. The van der Waals surface area contributed by atoms with Gasteiger partial charge in [0.1, 0.15) is 13.2 Å². The quantitative estimate of drug-likeness (QED) is 0.903. The maximum atomic E-state index is 12.4. The lowest BCUT2D eigenvalue weighted by Crippen LogP contribution is -2.28. The number of ether oxygens (including phenoxy) is 2. The second-order valence-electron chi connectivity index (χ2n) is 5.99. The van der Waals surface area contributed by atoms with Crippen LogP contribution in [0.1, 0.15) is 29.7 Å². The molecule has 1 unspecified atom stereocenters. The highest BCUT2D eigenvalue weighted by Gasteiger charge is 2.19. The Morgan fingerprint density at radius 3 is 2.42 bits per heavy atom. The number of fused-ring (bicyclic) bond motifs is 1. The highest BCUT2D eigenvalue weighted by Crippen LogP contribution is 2.32. The van der Waals surface area contributed by atoms with Crippen LogP contribution in [-0.4, -0.2) is 21.6 Å². The summed E-state index contributed by atoms with van der Waals surface area (Å²) in [6, 6.07) is 12.6. The lowest BCUT2D eigenvalue weighted by molar-refractivity contribution is 0.171. The molecule has 0 fully saturated rings. The highest BCUT2D eigenvalue weighted by molar-refractivity contribution is 7.88. The normalized spacial score (nSPS) is 15.1. The van der Waals surface area contributed by atoms with Crippen molar-refractivity contribution in [3.63, 3.8) is 0 Å². The molecule has 128 valence electrons. The molecule has 0 aliphatic carbocycles. The fourth-order valence-corrected chi connectivity index (χ4v) is 4.00. The Balaban J connectivity index is 1.71. The molecule has 0 saturated heterocycles. The summed E-state index contributed by atoms with van der Waals surface area (Å²) in [7, 11) is -3.44. The van der Waals surface area contributed by atoms with Gasteiger partial charge in [0, 0.05) is 6.04 Å². The van der Waals surface area contributed by atoms with Gasteiger partial charge in [0.05, 0.1) is 5.75 Å². The predicted molar refractivity (Wildman–Crippen MR) is 92.8 cm³/mol. The van der Waals surface area contributed by atoms with Gasteiger partial charge in [-0.3, -0.25) is 0 Å². The van der Waals surface area contributed by atoms with E-state index in [2.05, 4.69) is 4.72 Å². The SMILES string of the molecule is Cc1ccc(CS(=O)(=O)NC(C)c2ccc3c(c2)OCCO3)cc1. The highest BCUT2D eigenvalue weighted by atomic mass is 32.2. The van der Waals surface area contributed by atoms with E-state index < -0.39 is 10.0 Å². The van der Waals surface area contributed by atoms with Crippen LogP contribution in [0.2, 0.25) is 0 Å². The van der Waals surface area contributed by atoms with Crippen LogP contribution in [0.15, 0.2) is 42.5 Å². The molecule has 1 aliphatic heterocycles. The molecule has 0 aromatic heterocycles. The van der Waals surface area contributed by atoms with E-state index in [-0.39, 0.29) is 11.8 Å². The van der Waals surface area contributed by atoms with Gasteiger partial charge in [-0.2, -0.15) is 0 Å². The van der Waals surface area contributed by atoms with Gasteiger partial charge >= 0.3 is 0 Å². The van der Waals surface area contributed by atoms with E-state index in [9.17, 15) is 8.42 Å². The van der Waals surface area contributed by atoms with Crippen LogP contribution < -0.4 is 14.2 Å². The molecule has 1 aliphatic rings. The van der Waals surface area contributed by atoms with E-state index in [1.54, 1.807) is 0 Å². The summed E-state index contributed by atoms with van der Waals surface area (Å²) in [5.74, 6) is 1.31. The zero-order valence-corrected chi connectivity index (χ0v) is 14.6. The fourth-order valence-electron chi connectivity index (χ4n) is 2.61. The van der Waals surface area contributed by atoms with Crippen molar-refractivity contribution in [2.24, 2.45) is 0 Å². The minimum atomic E-state index is -3.44. The van der Waals surface area contributed by atoms with Crippen molar-refractivity contribution in [2.45, 2.75) is 25.6 Å². The van der Waals surface area contributed by atoms with E-state index in [0.29, 0.717) is 24.7 Å². The van der Waals surface area contributed by atoms with Crippen LogP contribution in [0.25, 0.3) is 0 Å². The van der Waals surface area contributed by atoms with Crippen molar-refractivity contribution < 1.29 is 17.9 Å². The van der Waals surface area contributed by atoms with Gasteiger partial charge in [0.2, 0.25) is 10.0 Å². The largest absolute Gasteiger partial charge is 0.486 e. The summed E-state index contributed by atoms with van der Waals surface area (Å²) in [6.07, 6.45) is 0. The molecule has 2 aromatic carbocycles. The zero-order chi connectivity index (χ0) is 17.2. The topological polar surface area (TPSA) is 64.6 Å². The third kappa shape index (κ3) is 4.07. The molecule has 1 atom stereocenters. The van der Waals surface area contributed by atoms with Crippen molar-refractivity contribution in [1.82, 2.24) is 4.72 Å². The first-order valence-electron chi connectivity index (χ1n) is 7.88. The van der Waals surface area contributed by atoms with E-state index in [1.165, 1.54) is 0 Å². The van der Waals surface area contributed by atoms with Crippen LogP contribution in [0.5, 0.6) is 11.5 Å². The molecule has 1 heterocycles. The third-order valence-electron chi connectivity index (χ3n) is 3.90. The Bertz CT molecular complexity index is 815. The molecule has 0 amide bonds. The van der Waals surface area contributed by atoms with E-state index in [4.69, 9.17) is 9.47 Å². The van der Waals surface area contributed by atoms with E-state index in [1.807, 2.05) is 56.3 Å². The maximum absolute atomic E-state index is 12.4. The Hall–Kier alpha value is -2.05. The van der Waals surface area contributed by atoms with Crippen molar-refractivity contribution >= 4 is 10.0 Å². The summed E-state index contributed by atoms with van der Waals surface area (Å²) < 4.78 is 38.5. The third-order valence-corrected chi connectivity index (χ3v) is 5.33. The zero-order valence-electron chi connectivity index (χ0n) is 13.8. The van der Waals surface area contributed by atoms with Crippen molar-refractivity contribution in [3.8, 4) is 11.5 Å². The van der Waals surface area contributed by atoms with Crippen molar-refractivity contribution in [3.05, 3.63) is 59.2 Å². The molecule has 1 N–H and O–H groups in total. The minimum Gasteiger partial charge on any atom is -0.486 e. The molecule has 0 radical (unpaired) electrons. The molecule has 24 heavy (non-hydrogen) atoms. The van der Waals surface area contributed by atoms with Crippen LogP contribution in [0.3, 0.4) is 0 Å². The molecule has 2 aromatic rings. The van der Waals surface area contributed by atoms with Crippen molar-refractivity contribution in [1.29, 1.82) is 0 Å². The van der Waals surface area contributed by atoms with Crippen LogP contribution in [-0.2, 0) is 15.8 Å². The molecule has 0 bridgehead atoms. The minimum absolute atomic E-state index is 0.0395. The van der Waals surface area contributed by atoms with Gasteiger partial charge < -0.3 is 9.47 Å². The Labute approximate surface area is 142 Å². The molecular formula is C18H21NO4S. The standard InChI is InChI=1S/C18H21NO4S/c1-13-3-5-15(6-4-13)12-24(20,21)19-14(2)16-7-8-17-18(11-16)23-10-9-22-17/h3-8,11,14,19H,9-10,12H2,1-2H3. The smallest absolute Gasteiger partial charge is 0.216 e. The number of hydrogen-bond donors (Lipinski definition) is 1. The molecule has 0 spiro atoms. The fraction of sp³-hybridized carbons (Fsp3) is 0.333. The van der Waals surface area contributed by atoms with E-state index in [0.717, 1.165) is 16.7 Å². The molecule has 5 nitrogen and oxygen atoms in total. The van der Waals surface area contributed by atoms with Crippen LogP contribution in [0.4, 0.5) is 0 Å². The molecular weight excluding hydrogens is 326 g/mol. The predicted octanol–water partition coefficient (Wildman–Crippen LogP) is 2.95. The van der Waals surface area contributed by atoms with Crippen LogP contribution in [0, 0.1) is 6.92 Å². The Morgan fingerprint density at radius 1 is 1.04 bits per heavy atom. The summed E-state index contributed by atoms with van der Waals surface area (Å²) in [5.41, 5.74) is 2.71. The van der Waals surface area contributed by atoms with Gasteiger partial charge in [0.15, 0.2) is 11.5 Å². The van der Waals surface area contributed by atoms with Gasteiger partial charge in [0.25, 0.3) is 0 Å². The van der Waals surface area contributed by atoms with Crippen molar-refractivity contribution in [2.75, 3.05) is 13.2 Å². The lowest BCUT2D eigenvalue weighted by atomic mass is 10.1. The first kappa shape index (κ1) is 16.8.